The van der Waals surface area contributed by atoms with Gasteiger partial charge in [0.15, 0.2) is 0 Å². The summed E-state index contributed by atoms with van der Waals surface area (Å²) in [5.74, 6) is 0.671. The molecule has 2 spiro atoms. The van der Waals surface area contributed by atoms with Crippen molar-refractivity contribution < 1.29 is 0 Å². The first-order chi connectivity index (χ1) is 21.9. The largest absolute Gasteiger partial charge is 0.345 e. The highest BCUT2D eigenvalue weighted by Crippen LogP contribution is 2.71. The maximum Gasteiger partial charge on any atom is 0.0507 e. The van der Waals surface area contributed by atoms with Gasteiger partial charge in [-0.05, 0) is 105 Å². The SMILES string of the molecule is CN(c1ccc2c(c1)C(C)(C)C1=CC=CC3CC123)c1ccc2c(c1)C1(CC3=C(C=CC=CC3)c3ccccc31)c1ccccc1-2. The molecule has 0 saturated heterocycles. The van der Waals surface area contributed by atoms with Crippen molar-refractivity contribution in [1.82, 2.24) is 0 Å². The molecule has 0 amide bonds. The van der Waals surface area contributed by atoms with Gasteiger partial charge in [-0.1, -0.05) is 123 Å². The summed E-state index contributed by atoms with van der Waals surface area (Å²) in [6.45, 7) is 4.87. The molecule has 1 saturated carbocycles. The Morgan fingerprint density at radius 3 is 2.24 bits per heavy atom. The van der Waals surface area contributed by atoms with Gasteiger partial charge in [-0.2, -0.15) is 0 Å². The van der Waals surface area contributed by atoms with E-state index in [1.165, 1.54) is 67.9 Å². The molecule has 1 heteroatoms. The predicted molar refractivity (Wildman–Crippen MR) is 187 cm³/mol. The highest BCUT2D eigenvalue weighted by molar-refractivity contribution is 5.91. The molecule has 45 heavy (non-hydrogen) atoms. The van der Waals surface area contributed by atoms with Crippen LogP contribution < -0.4 is 4.90 Å². The number of rotatable bonds is 2. The number of anilines is 2. The molecule has 0 radical (unpaired) electrons. The fourth-order valence-corrected chi connectivity index (χ4v) is 10.1. The molecule has 4 aromatic rings. The van der Waals surface area contributed by atoms with E-state index >= 15 is 0 Å². The lowest BCUT2D eigenvalue weighted by atomic mass is 9.62. The minimum atomic E-state index is -0.209. The normalized spacial score (nSPS) is 26.6. The van der Waals surface area contributed by atoms with Crippen molar-refractivity contribution >= 4 is 16.9 Å². The third-order valence-corrected chi connectivity index (χ3v) is 12.3. The first kappa shape index (κ1) is 25.7. The summed E-state index contributed by atoms with van der Waals surface area (Å²) in [5.41, 5.74) is 18.7. The van der Waals surface area contributed by atoms with Crippen molar-refractivity contribution in [1.29, 1.82) is 0 Å². The first-order valence-corrected chi connectivity index (χ1v) is 16.6. The number of nitrogens with zero attached hydrogens (tertiary/aromatic N) is 1. The molecule has 1 nitrogen and oxygen atoms in total. The highest BCUT2D eigenvalue weighted by atomic mass is 15.1. The lowest BCUT2D eigenvalue weighted by molar-refractivity contribution is 0.600. The Hall–Kier alpha value is -4.62. The molecule has 4 aromatic carbocycles. The number of allylic oxidation sites excluding steroid dienone is 10. The van der Waals surface area contributed by atoms with E-state index in [-0.39, 0.29) is 16.2 Å². The smallest absolute Gasteiger partial charge is 0.0507 e. The van der Waals surface area contributed by atoms with Crippen LogP contribution in [-0.4, -0.2) is 7.05 Å². The van der Waals surface area contributed by atoms with Crippen molar-refractivity contribution in [2.24, 2.45) is 5.92 Å². The van der Waals surface area contributed by atoms with Crippen LogP contribution in [0, 0.1) is 5.92 Å². The summed E-state index contributed by atoms with van der Waals surface area (Å²) < 4.78 is 0. The first-order valence-electron chi connectivity index (χ1n) is 16.6. The van der Waals surface area contributed by atoms with Gasteiger partial charge in [0.05, 0.1) is 5.41 Å². The molecule has 3 unspecified atom stereocenters. The summed E-state index contributed by atoms with van der Waals surface area (Å²) >= 11 is 0. The van der Waals surface area contributed by atoms with E-state index in [0.717, 1.165) is 12.8 Å². The lowest BCUT2D eigenvalue weighted by Crippen LogP contribution is -2.32. The van der Waals surface area contributed by atoms with Crippen molar-refractivity contribution in [3.05, 3.63) is 172 Å². The van der Waals surface area contributed by atoms with Crippen LogP contribution in [0.1, 0.15) is 66.5 Å². The molecule has 0 heterocycles. The Balaban J connectivity index is 1.13. The predicted octanol–water partition coefficient (Wildman–Crippen LogP) is 10.5. The average molecular weight is 580 g/mol. The quantitative estimate of drug-likeness (QED) is 0.228. The molecule has 3 atom stereocenters. The Morgan fingerprint density at radius 2 is 1.40 bits per heavy atom. The van der Waals surface area contributed by atoms with Gasteiger partial charge >= 0.3 is 0 Å². The van der Waals surface area contributed by atoms with Crippen LogP contribution in [0.5, 0.6) is 0 Å². The van der Waals surface area contributed by atoms with E-state index in [1.807, 2.05) is 0 Å². The molecule has 0 aliphatic heterocycles. The fourth-order valence-electron chi connectivity index (χ4n) is 10.1. The van der Waals surface area contributed by atoms with Crippen LogP contribution in [0.3, 0.4) is 0 Å². The van der Waals surface area contributed by atoms with Crippen LogP contribution in [0.25, 0.3) is 16.7 Å². The van der Waals surface area contributed by atoms with E-state index in [2.05, 4.69) is 153 Å². The molecular weight excluding hydrogens is 542 g/mol. The van der Waals surface area contributed by atoms with Crippen LogP contribution in [0.2, 0.25) is 0 Å². The second kappa shape index (κ2) is 8.55. The molecule has 218 valence electrons. The monoisotopic (exact) mass is 579 g/mol. The molecule has 6 aliphatic carbocycles. The van der Waals surface area contributed by atoms with Gasteiger partial charge in [0, 0.05) is 29.3 Å². The number of hydrogen-bond donors (Lipinski definition) is 0. The third-order valence-electron chi connectivity index (χ3n) is 12.3. The Morgan fingerprint density at radius 1 is 0.689 bits per heavy atom. The fraction of sp³-hybridized carbons (Fsp3) is 0.227. The minimum absolute atomic E-state index is 0.0498. The minimum Gasteiger partial charge on any atom is -0.345 e. The maximum atomic E-state index is 2.51. The number of hydrogen-bond acceptors (Lipinski definition) is 1. The van der Waals surface area contributed by atoms with Crippen LogP contribution in [0.15, 0.2) is 139 Å². The van der Waals surface area contributed by atoms with E-state index in [9.17, 15) is 0 Å². The molecule has 6 aliphatic rings. The molecule has 10 rings (SSSR count). The zero-order valence-electron chi connectivity index (χ0n) is 26.3. The second-order valence-electron chi connectivity index (χ2n) is 14.6. The van der Waals surface area contributed by atoms with Crippen molar-refractivity contribution in [3.63, 3.8) is 0 Å². The number of fused-ring (bicyclic) bond motifs is 9. The summed E-state index contributed by atoms with van der Waals surface area (Å²) in [7, 11) is 2.25. The molecule has 0 N–H and O–H groups in total. The standard InChI is InChI=1S/C44H37N/c1-42(2)40-25-31(21-23-38(40)43-27-29(43)13-11-19-41(42)43)45(3)30-20-22-35-34-16-8-10-18-37(34)44(39(35)24-30)26-28-12-5-4-6-14-32(28)33-15-7-9-17-36(33)44/h4-11,13-25,29H,12,26-27H2,1-3H3. The Labute approximate surface area is 266 Å². The van der Waals surface area contributed by atoms with Gasteiger partial charge in [0.1, 0.15) is 0 Å². The third kappa shape index (κ3) is 3.09. The van der Waals surface area contributed by atoms with Gasteiger partial charge in [0.25, 0.3) is 0 Å². The summed E-state index contributed by atoms with van der Waals surface area (Å²) in [6, 6.07) is 32.9. The second-order valence-corrected chi connectivity index (χ2v) is 14.6. The van der Waals surface area contributed by atoms with Crippen molar-refractivity contribution in [2.45, 2.75) is 49.4 Å². The van der Waals surface area contributed by atoms with Crippen LogP contribution in [0.4, 0.5) is 11.4 Å². The summed E-state index contributed by atoms with van der Waals surface area (Å²) in [6.07, 6.45) is 19.5. The highest BCUT2D eigenvalue weighted by Gasteiger charge is 2.65. The van der Waals surface area contributed by atoms with Crippen LogP contribution >= 0.6 is 0 Å². The van der Waals surface area contributed by atoms with Gasteiger partial charge in [-0.25, -0.2) is 0 Å². The van der Waals surface area contributed by atoms with Crippen LogP contribution in [-0.2, 0) is 16.2 Å². The van der Waals surface area contributed by atoms with E-state index < -0.39 is 0 Å². The van der Waals surface area contributed by atoms with Gasteiger partial charge < -0.3 is 4.90 Å². The average Bonchev–Trinajstić information content (AvgIpc) is 3.78. The molecule has 0 aromatic heterocycles. The zero-order chi connectivity index (χ0) is 30.1. The summed E-state index contributed by atoms with van der Waals surface area (Å²) in [4.78, 5) is 2.42. The van der Waals surface area contributed by atoms with Gasteiger partial charge in [-0.3, -0.25) is 0 Å². The lowest BCUT2D eigenvalue weighted by Gasteiger charge is -2.40. The van der Waals surface area contributed by atoms with E-state index in [0.29, 0.717) is 5.92 Å². The summed E-state index contributed by atoms with van der Waals surface area (Å²) in [5, 5.41) is 0. The topological polar surface area (TPSA) is 3.24 Å². The van der Waals surface area contributed by atoms with Gasteiger partial charge in [-0.15, -0.1) is 0 Å². The van der Waals surface area contributed by atoms with Gasteiger partial charge in [0.2, 0.25) is 0 Å². The van der Waals surface area contributed by atoms with Crippen molar-refractivity contribution in [2.75, 3.05) is 11.9 Å². The van der Waals surface area contributed by atoms with Crippen molar-refractivity contribution in [3.8, 4) is 11.1 Å². The maximum absolute atomic E-state index is 2.51. The molecule has 1 fully saturated rings. The zero-order valence-corrected chi connectivity index (χ0v) is 26.3. The van der Waals surface area contributed by atoms with E-state index in [4.69, 9.17) is 0 Å². The van der Waals surface area contributed by atoms with E-state index in [1.54, 1.807) is 11.1 Å². The molecular formula is C44H37N. The Kier molecular flexibility index (Phi) is 4.88. The Bertz CT molecular complexity index is 2150. The number of benzene rings is 4. The molecule has 0 bridgehead atoms.